The van der Waals surface area contributed by atoms with Crippen molar-refractivity contribution in [2.24, 2.45) is 5.92 Å². The fourth-order valence-electron chi connectivity index (χ4n) is 2.67. The van der Waals surface area contributed by atoms with Gasteiger partial charge in [0.25, 0.3) is 5.69 Å². The molecular formula is C15H21N3O3. The van der Waals surface area contributed by atoms with Crippen LogP contribution in [0.15, 0.2) is 24.3 Å². The number of carbonyl (C=O) groups is 1. The molecule has 0 aromatic heterocycles. The molecule has 1 atom stereocenters. The monoisotopic (exact) mass is 291 g/mol. The minimum Gasteiger partial charge on any atom is -0.341 e. The summed E-state index contributed by atoms with van der Waals surface area (Å²) in [6.45, 7) is 2.18. The van der Waals surface area contributed by atoms with Crippen molar-refractivity contribution in [3.63, 3.8) is 0 Å². The van der Waals surface area contributed by atoms with Gasteiger partial charge in [-0.2, -0.15) is 0 Å². The van der Waals surface area contributed by atoms with Gasteiger partial charge < -0.3 is 10.2 Å². The lowest BCUT2D eigenvalue weighted by Gasteiger charge is -2.25. The molecule has 0 radical (unpaired) electrons. The molecule has 1 aliphatic rings. The Morgan fingerprint density at radius 2 is 2.24 bits per heavy atom. The standard InChI is InChI=1S/C15H21N3O3/c1-17(15(19)9-12-5-4-8-16-10-12)11-13-6-2-3-7-14(13)18(20)21/h2-3,6-7,12,16H,4-5,8-11H2,1H3. The second kappa shape index (κ2) is 7.17. The molecule has 1 fully saturated rings. The molecular weight excluding hydrogens is 270 g/mol. The minimum atomic E-state index is -0.404. The topological polar surface area (TPSA) is 75.5 Å². The average molecular weight is 291 g/mol. The molecule has 0 bridgehead atoms. The summed E-state index contributed by atoms with van der Waals surface area (Å²) in [5, 5.41) is 14.3. The van der Waals surface area contributed by atoms with Crippen LogP contribution in [0.5, 0.6) is 0 Å². The highest BCUT2D eigenvalue weighted by Crippen LogP contribution is 2.20. The lowest BCUT2D eigenvalue weighted by molar-refractivity contribution is -0.385. The number of amides is 1. The fraction of sp³-hybridized carbons (Fsp3) is 0.533. The molecule has 1 N–H and O–H groups in total. The molecule has 1 unspecified atom stereocenters. The van der Waals surface area contributed by atoms with Crippen molar-refractivity contribution in [3.05, 3.63) is 39.9 Å². The first-order valence-corrected chi connectivity index (χ1v) is 7.25. The Morgan fingerprint density at radius 1 is 1.48 bits per heavy atom. The highest BCUT2D eigenvalue weighted by Gasteiger charge is 2.21. The Hall–Kier alpha value is -1.95. The van der Waals surface area contributed by atoms with Crippen molar-refractivity contribution >= 4 is 11.6 Å². The van der Waals surface area contributed by atoms with Gasteiger partial charge in [0, 0.05) is 25.1 Å². The molecule has 6 nitrogen and oxygen atoms in total. The molecule has 1 heterocycles. The van der Waals surface area contributed by atoms with E-state index in [1.807, 2.05) is 0 Å². The Balaban J connectivity index is 1.95. The summed E-state index contributed by atoms with van der Waals surface area (Å²) in [6.07, 6.45) is 2.67. The molecule has 1 aromatic carbocycles. The highest BCUT2D eigenvalue weighted by molar-refractivity contribution is 5.76. The van der Waals surface area contributed by atoms with E-state index in [-0.39, 0.29) is 18.1 Å². The molecule has 0 aliphatic carbocycles. The number of para-hydroxylation sites is 1. The first-order chi connectivity index (χ1) is 10.1. The summed E-state index contributed by atoms with van der Waals surface area (Å²) in [4.78, 5) is 24.4. The van der Waals surface area contributed by atoms with Crippen molar-refractivity contribution in [3.8, 4) is 0 Å². The SMILES string of the molecule is CN(Cc1ccccc1[N+](=O)[O-])C(=O)CC1CCCNC1. The van der Waals surface area contributed by atoms with E-state index in [9.17, 15) is 14.9 Å². The molecule has 114 valence electrons. The van der Waals surface area contributed by atoms with Gasteiger partial charge in [0.1, 0.15) is 0 Å². The normalized spacial score (nSPS) is 18.2. The van der Waals surface area contributed by atoms with Gasteiger partial charge in [-0.3, -0.25) is 14.9 Å². The van der Waals surface area contributed by atoms with E-state index in [2.05, 4.69) is 5.32 Å². The van der Waals surface area contributed by atoms with Crippen LogP contribution in [0, 0.1) is 16.0 Å². The van der Waals surface area contributed by atoms with Gasteiger partial charge in [-0.25, -0.2) is 0 Å². The number of rotatable bonds is 5. The predicted octanol–water partition coefficient (Wildman–Crippen LogP) is 1.94. The van der Waals surface area contributed by atoms with Crippen LogP contribution < -0.4 is 5.32 Å². The van der Waals surface area contributed by atoms with Gasteiger partial charge in [-0.1, -0.05) is 18.2 Å². The van der Waals surface area contributed by atoms with E-state index < -0.39 is 4.92 Å². The van der Waals surface area contributed by atoms with Crippen LogP contribution >= 0.6 is 0 Å². The van der Waals surface area contributed by atoms with Crippen molar-refractivity contribution in [1.29, 1.82) is 0 Å². The van der Waals surface area contributed by atoms with Gasteiger partial charge in [0.05, 0.1) is 11.5 Å². The van der Waals surface area contributed by atoms with Crippen LogP contribution in [0.25, 0.3) is 0 Å². The van der Waals surface area contributed by atoms with E-state index in [1.54, 1.807) is 30.1 Å². The molecule has 1 aliphatic heterocycles. The molecule has 1 saturated heterocycles. The van der Waals surface area contributed by atoms with Crippen LogP contribution in [0.4, 0.5) is 5.69 Å². The third-order valence-electron chi connectivity index (χ3n) is 3.88. The van der Waals surface area contributed by atoms with Gasteiger partial charge in [0.15, 0.2) is 0 Å². The Bertz CT molecular complexity index is 513. The lowest BCUT2D eigenvalue weighted by atomic mass is 9.95. The molecule has 0 saturated carbocycles. The lowest BCUT2D eigenvalue weighted by Crippen LogP contribution is -2.35. The summed E-state index contributed by atoms with van der Waals surface area (Å²) >= 11 is 0. The quantitative estimate of drug-likeness (QED) is 0.664. The predicted molar refractivity (Wildman–Crippen MR) is 79.8 cm³/mol. The number of nitro benzene ring substituents is 1. The molecule has 0 spiro atoms. The van der Waals surface area contributed by atoms with Crippen LogP contribution in [-0.4, -0.2) is 35.9 Å². The number of nitro groups is 1. The zero-order valence-corrected chi connectivity index (χ0v) is 12.2. The van der Waals surface area contributed by atoms with Gasteiger partial charge in [-0.05, 0) is 31.8 Å². The number of nitrogens with zero attached hydrogens (tertiary/aromatic N) is 2. The van der Waals surface area contributed by atoms with E-state index in [1.165, 1.54) is 6.07 Å². The van der Waals surface area contributed by atoms with E-state index in [0.29, 0.717) is 17.9 Å². The number of piperidine rings is 1. The molecule has 6 heteroatoms. The summed E-state index contributed by atoms with van der Waals surface area (Å²) in [6, 6.07) is 6.56. The number of benzene rings is 1. The first-order valence-electron chi connectivity index (χ1n) is 7.25. The Labute approximate surface area is 124 Å². The number of hydrogen-bond acceptors (Lipinski definition) is 4. The zero-order chi connectivity index (χ0) is 15.2. The van der Waals surface area contributed by atoms with Crippen molar-refractivity contribution in [2.45, 2.75) is 25.8 Å². The van der Waals surface area contributed by atoms with Crippen LogP contribution in [0.2, 0.25) is 0 Å². The van der Waals surface area contributed by atoms with Crippen molar-refractivity contribution < 1.29 is 9.72 Å². The van der Waals surface area contributed by atoms with E-state index in [0.717, 1.165) is 25.9 Å². The third-order valence-corrected chi connectivity index (χ3v) is 3.88. The number of nitrogens with one attached hydrogen (secondary N) is 1. The second-order valence-electron chi connectivity index (χ2n) is 5.55. The van der Waals surface area contributed by atoms with Crippen molar-refractivity contribution in [1.82, 2.24) is 10.2 Å². The summed E-state index contributed by atoms with van der Waals surface area (Å²) in [5.74, 6) is 0.418. The smallest absolute Gasteiger partial charge is 0.274 e. The Morgan fingerprint density at radius 3 is 2.90 bits per heavy atom. The average Bonchev–Trinajstić information content (AvgIpc) is 2.48. The number of hydrogen-bond donors (Lipinski definition) is 1. The second-order valence-corrected chi connectivity index (χ2v) is 5.55. The molecule has 1 aromatic rings. The van der Waals surface area contributed by atoms with E-state index >= 15 is 0 Å². The van der Waals surface area contributed by atoms with Gasteiger partial charge in [0.2, 0.25) is 5.91 Å². The largest absolute Gasteiger partial charge is 0.341 e. The summed E-state index contributed by atoms with van der Waals surface area (Å²) in [5.41, 5.74) is 0.636. The van der Waals surface area contributed by atoms with Gasteiger partial charge in [-0.15, -0.1) is 0 Å². The van der Waals surface area contributed by atoms with Crippen LogP contribution in [-0.2, 0) is 11.3 Å². The molecule has 21 heavy (non-hydrogen) atoms. The minimum absolute atomic E-state index is 0.0434. The molecule has 2 rings (SSSR count). The first kappa shape index (κ1) is 15.4. The maximum absolute atomic E-state index is 12.2. The maximum Gasteiger partial charge on any atom is 0.274 e. The maximum atomic E-state index is 12.2. The van der Waals surface area contributed by atoms with E-state index in [4.69, 9.17) is 0 Å². The molecule has 1 amide bonds. The Kier molecular flexibility index (Phi) is 5.27. The van der Waals surface area contributed by atoms with Gasteiger partial charge >= 0.3 is 0 Å². The zero-order valence-electron chi connectivity index (χ0n) is 12.2. The highest BCUT2D eigenvalue weighted by atomic mass is 16.6. The summed E-state index contributed by atoms with van der Waals surface area (Å²) in [7, 11) is 1.70. The summed E-state index contributed by atoms with van der Waals surface area (Å²) < 4.78 is 0. The number of carbonyl (C=O) groups excluding carboxylic acids is 1. The fourth-order valence-corrected chi connectivity index (χ4v) is 2.67. The third kappa shape index (κ3) is 4.26. The van der Waals surface area contributed by atoms with Crippen molar-refractivity contribution in [2.75, 3.05) is 20.1 Å². The van der Waals surface area contributed by atoms with Crippen LogP contribution in [0.1, 0.15) is 24.8 Å². The van der Waals surface area contributed by atoms with Crippen LogP contribution in [0.3, 0.4) is 0 Å².